The largest absolute Gasteiger partial charge is 0.491 e. The number of aryl methyl sites for hydroxylation is 2. The van der Waals surface area contributed by atoms with Crippen molar-refractivity contribution in [3.8, 4) is 5.75 Å². The van der Waals surface area contributed by atoms with Gasteiger partial charge in [0.05, 0.1) is 16.9 Å². The highest BCUT2D eigenvalue weighted by molar-refractivity contribution is 5.96. The summed E-state index contributed by atoms with van der Waals surface area (Å²) in [6, 6.07) is 15.5. The number of anilines is 1. The average Bonchev–Trinajstić information content (AvgIpc) is 2.77. The molecule has 1 aromatic heterocycles. The van der Waals surface area contributed by atoms with Crippen molar-refractivity contribution in [3.05, 3.63) is 65.4 Å². The van der Waals surface area contributed by atoms with Gasteiger partial charge in [-0.2, -0.15) is 9.59 Å². The molecule has 1 fully saturated rings. The molecule has 2 N–H and O–H groups in total. The minimum Gasteiger partial charge on any atom is -0.491 e. The Labute approximate surface area is 187 Å². The van der Waals surface area contributed by atoms with Crippen molar-refractivity contribution in [2.24, 2.45) is 0 Å². The number of pyridine rings is 1. The lowest BCUT2D eigenvalue weighted by Gasteiger charge is -2.35. The number of fused-ring (bicyclic) bond motifs is 1. The standard InChI is InChI=1S/C24H27N3O2.CO2/c1-16-7-5-8-18(13-16)24(28)27-12-4-3-9-19(27)15-29-22-11-6-10-21-23(22)20(25)14-17(2)26-21;2-1-3/h5-8,10-11,13-14,19H,3-4,9,12,15H2,1-2H3,(H2,25,26);. The molecule has 3 aromatic rings. The molecular weight excluding hydrogens is 406 g/mol. The monoisotopic (exact) mass is 433 g/mol. The van der Waals surface area contributed by atoms with E-state index in [1.54, 1.807) is 0 Å². The van der Waals surface area contributed by atoms with Gasteiger partial charge in [0.1, 0.15) is 12.4 Å². The van der Waals surface area contributed by atoms with Crippen molar-refractivity contribution in [1.82, 2.24) is 9.88 Å². The number of nitrogen functional groups attached to an aromatic ring is 1. The molecule has 32 heavy (non-hydrogen) atoms. The number of hydrogen-bond acceptors (Lipinski definition) is 6. The van der Waals surface area contributed by atoms with Gasteiger partial charge in [-0.05, 0) is 63.4 Å². The number of nitrogens with two attached hydrogens (primary N) is 1. The van der Waals surface area contributed by atoms with Crippen molar-refractivity contribution < 1.29 is 19.1 Å². The number of likely N-dealkylation sites (tertiary alicyclic amines) is 1. The van der Waals surface area contributed by atoms with Crippen LogP contribution in [0, 0.1) is 13.8 Å². The number of ether oxygens (including phenoxy) is 1. The van der Waals surface area contributed by atoms with Crippen LogP contribution < -0.4 is 10.5 Å². The lowest BCUT2D eigenvalue weighted by Crippen LogP contribution is -2.46. The van der Waals surface area contributed by atoms with Gasteiger partial charge in [0.25, 0.3) is 5.91 Å². The molecule has 0 spiro atoms. The van der Waals surface area contributed by atoms with Gasteiger partial charge < -0.3 is 15.4 Å². The number of aromatic nitrogens is 1. The topological polar surface area (TPSA) is 103 Å². The maximum atomic E-state index is 13.1. The third-order valence-corrected chi connectivity index (χ3v) is 5.54. The molecular formula is C25H27N3O4. The van der Waals surface area contributed by atoms with Crippen LogP contribution in [0.5, 0.6) is 5.75 Å². The molecule has 0 radical (unpaired) electrons. The number of amides is 1. The zero-order chi connectivity index (χ0) is 23.1. The molecule has 0 saturated carbocycles. The Bertz CT molecular complexity index is 1140. The summed E-state index contributed by atoms with van der Waals surface area (Å²) in [6.45, 7) is 5.15. The molecule has 7 heteroatoms. The lowest BCUT2D eigenvalue weighted by molar-refractivity contribution is -0.191. The molecule has 1 saturated heterocycles. The zero-order valence-electron chi connectivity index (χ0n) is 18.3. The summed E-state index contributed by atoms with van der Waals surface area (Å²) < 4.78 is 6.21. The van der Waals surface area contributed by atoms with E-state index in [0.29, 0.717) is 12.3 Å². The summed E-state index contributed by atoms with van der Waals surface area (Å²) in [7, 11) is 0. The highest BCUT2D eigenvalue weighted by Gasteiger charge is 2.28. The summed E-state index contributed by atoms with van der Waals surface area (Å²) in [5.74, 6) is 0.803. The van der Waals surface area contributed by atoms with E-state index < -0.39 is 0 Å². The second kappa shape index (κ2) is 10.6. The number of carbonyl (C=O) groups excluding carboxylic acids is 3. The summed E-state index contributed by atoms with van der Waals surface area (Å²) in [5, 5.41) is 0.838. The Morgan fingerprint density at radius 2 is 1.91 bits per heavy atom. The van der Waals surface area contributed by atoms with Crippen LogP contribution in [0.1, 0.15) is 40.9 Å². The smallest absolute Gasteiger partial charge is 0.373 e. The van der Waals surface area contributed by atoms with Crippen LogP contribution in [0.3, 0.4) is 0 Å². The summed E-state index contributed by atoms with van der Waals surface area (Å²) in [6.07, 6.45) is 3.32. The predicted molar refractivity (Wildman–Crippen MR) is 121 cm³/mol. The number of nitrogens with zero attached hydrogens (tertiary/aromatic N) is 2. The van der Waals surface area contributed by atoms with Crippen molar-refractivity contribution >= 4 is 28.6 Å². The van der Waals surface area contributed by atoms with Gasteiger partial charge in [0.15, 0.2) is 0 Å². The second-order valence-electron chi connectivity index (χ2n) is 7.92. The molecule has 0 bridgehead atoms. The van der Waals surface area contributed by atoms with Gasteiger partial charge in [0.2, 0.25) is 0 Å². The van der Waals surface area contributed by atoms with Crippen LogP contribution in [0.2, 0.25) is 0 Å². The molecule has 166 valence electrons. The van der Waals surface area contributed by atoms with Crippen molar-refractivity contribution in [3.63, 3.8) is 0 Å². The fourth-order valence-electron chi connectivity index (χ4n) is 4.11. The number of piperidine rings is 1. The van der Waals surface area contributed by atoms with E-state index in [0.717, 1.165) is 59.3 Å². The fraction of sp³-hybridized carbons (Fsp3) is 0.320. The SMILES string of the molecule is Cc1cccc(C(=O)N2CCCCC2COc2cccc3nc(C)cc(N)c23)c1.O=C=O. The molecule has 1 atom stereocenters. The minimum absolute atomic E-state index is 0.0478. The summed E-state index contributed by atoms with van der Waals surface area (Å²) in [4.78, 5) is 35.9. The van der Waals surface area contributed by atoms with Crippen LogP contribution in [0.15, 0.2) is 48.5 Å². The molecule has 0 aliphatic carbocycles. The van der Waals surface area contributed by atoms with Crippen LogP contribution in [-0.4, -0.2) is 41.1 Å². The van der Waals surface area contributed by atoms with Crippen LogP contribution in [-0.2, 0) is 9.59 Å². The Hall–Kier alpha value is -3.70. The van der Waals surface area contributed by atoms with Gasteiger partial charge in [-0.3, -0.25) is 9.78 Å². The maximum Gasteiger partial charge on any atom is 0.373 e. The van der Waals surface area contributed by atoms with Crippen LogP contribution in [0.25, 0.3) is 10.9 Å². The van der Waals surface area contributed by atoms with Gasteiger partial charge >= 0.3 is 6.15 Å². The van der Waals surface area contributed by atoms with E-state index in [1.807, 2.05) is 67.3 Å². The quantitative estimate of drug-likeness (QED) is 0.669. The lowest BCUT2D eigenvalue weighted by atomic mass is 10.0. The van der Waals surface area contributed by atoms with E-state index >= 15 is 0 Å². The van der Waals surface area contributed by atoms with Crippen molar-refractivity contribution in [2.45, 2.75) is 39.2 Å². The third-order valence-electron chi connectivity index (χ3n) is 5.54. The zero-order valence-corrected chi connectivity index (χ0v) is 18.3. The van der Waals surface area contributed by atoms with Crippen LogP contribution in [0.4, 0.5) is 5.69 Å². The fourth-order valence-corrected chi connectivity index (χ4v) is 4.11. The first-order valence-corrected chi connectivity index (χ1v) is 10.6. The first-order chi connectivity index (χ1) is 15.4. The van der Waals surface area contributed by atoms with Gasteiger partial charge in [-0.25, -0.2) is 0 Å². The Morgan fingerprint density at radius 1 is 1.16 bits per heavy atom. The molecule has 1 aliphatic rings. The van der Waals surface area contributed by atoms with E-state index in [-0.39, 0.29) is 18.1 Å². The van der Waals surface area contributed by atoms with Gasteiger partial charge in [0, 0.05) is 23.5 Å². The van der Waals surface area contributed by atoms with E-state index in [1.165, 1.54) is 0 Å². The molecule has 2 aromatic carbocycles. The Balaban J connectivity index is 0.000000913. The Kier molecular flexibility index (Phi) is 7.58. The van der Waals surface area contributed by atoms with Gasteiger partial charge in [-0.15, -0.1) is 0 Å². The highest BCUT2D eigenvalue weighted by Crippen LogP contribution is 2.31. The molecule has 7 nitrogen and oxygen atoms in total. The van der Waals surface area contributed by atoms with Gasteiger partial charge in [-0.1, -0.05) is 23.8 Å². The number of rotatable bonds is 4. The summed E-state index contributed by atoms with van der Waals surface area (Å²) >= 11 is 0. The second-order valence-corrected chi connectivity index (χ2v) is 7.92. The normalized spacial score (nSPS) is 15.4. The van der Waals surface area contributed by atoms with E-state index in [9.17, 15) is 4.79 Å². The van der Waals surface area contributed by atoms with E-state index in [2.05, 4.69) is 4.98 Å². The predicted octanol–water partition coefficient (Wildman–Crippen LogP) is 3.92. The number of carbonyl (C=O) groups is 1. The molecule has 1 amide bonds. The van der Waals surface area contributed by atoms with E-state index in [4.69, 9.17) is 20.1 Å². The van der Waals surface area contributed by atoms with Crippen molar-refractivity contribution in [2.75, 3.05) is 18.9 Å². The number of benzene rings is 2. The molecule has 4 rings (SSSR count). The average molecular weight is 434 g/mol. The summed E-state index contributed by atoms with van der Waals surface area (Å²) in [5.41, 5.74) is 10.5. The minimum atomic E-state index is 0.0478. The van der Waals surface area contributed by atoms with Crippen molar-refractivity contribution in [1.29, 1.82) is 0 Å². The van der Waals surface area contributed by atoms with Crippen LogP contribution >= 0.6 is 0 Å². The number of hydrogen-bond donors (Lipinski definition) is 1. The first kappa shape index (κ1) is 23.0. The molecule has 1 aliphatic heterocycles. The Morgan fingerprint density at radius 3 is 2.66 bits per heavy atom. The maximum absolute atomic E-state index is 13.1. The third kappa shape index (κ3) is 5.31. The highest BCUT2D eigenvalue weighted by atomic mass is 16.5. The molecule has 2 heterocycles. The molecule has 1 unspecified atom stereocenters. The first-order valence-electron chi connectivity index (χ1n) is 10.6.